The number of ether oxygens (including phenoxy) is 1. The van der Waals surface area contributed by atoms with E-state index < -0.39 is 6.04 Å². The Kier molecular flexibility index (Phi) is 6.76. The van der Waals surface area contributed by atoms with E-state index in [0.717, 1.165) is 0 Å². The standard InChI is InChI=1S/C12H16FNO2.ClH/c1-3-16-12(15)7-11(14)9-5-4-8(2)10(13)6-9;/h4-6,11H,3,7,14H2,1-2H3;1H/t11-;/m0./s1. The zero-order valence-electron chi connectivity index (χ0n) is 9.90. The van der Waals surface area contributed by atoms with Crippen molar-refractivity contribution < 1.29 is 13.9 Å². The van der Waals surface area contributed by atoms with Gasteiger partial charge in [-0.25, -0.2) is 4.39 Å². The lowest BCUT2D eigenvalue weighted by Gasteiger charge is -2.11. The summed E-state index contributed by atoms with van der Waals surface area (Å²) in [5.74, 6) is -0.673. The molecule has 5 heteroatoms. The van der Waals surface area contributed by atoms with Crippen LogP contribution in [0.25, 0.3) is 0 Å². The van der Waals surface area contributed by atoms with Crippen LogP contribution in [0.2, 0.25) is 0 Å². The smallest absolute Gasteiger partial charge is 0.307 e. The molecule has 0 aliphatic heterocycles. The summed E-state index contributed by atoms with van der Waals surface area (Å²) in [6.45, 7) is 3.73. The van der Waals surface area contributed by atoms with Gasteiger partial charge in [-0.15, -0.1) is 12.4 Å². The van der Waals surface area contributed by atoms with E-state index in [0.29, 0.717) is 17.7 Å². The predicted molar refractivity (Wildman–Crippen MR) is 66.6 cm³/mol. The van der Waals surface area contributed by atoms with Crippen LogP contribution in [0.15, 0.2) is 18.2 Å². The quantitative estimate of drug-likeness (QED) is 0.848. The van der Waals surface area contributed by atoms with E-state index in [2.05, 4.69) is 0 Å². The molecule has 0 spiro atoms. The highest BCUT2D eigenvalue weighted by molar-refractivity contribution is 5.85. The number of carbonyl (C=O) groups excluding carboxylic acids is 1. The van der Waals surface area contributed by atoms with Crippen LogP contribution >= 0.6 is 12.4 Å². The molecule has 0 amide bonds. The number of carbonyl (C=O) groups is 1. The van der Waals surface area contributed by atoms with Gasteiger partial charge in [0.2, 0.25) is 0 Å². The Balaban J connectivity index is 0.00000256. The van der Waals surface area contributed by atoms with E-state index in [1.165, 1.54) is 6.07 Å². The van der Waals surface area contributed by atoms with Crippen molar-refractivity contribution in [2.75, 3.05) is 6.61 Å². The zero-order valence-corrected chi connectivity index (χ0v) is 10.7. The van der Waals surface area contributed by atoms with Gasteiger partial charge in [0.05, 0.1) is 13.0 Å². The molecule has 0 radical (unpaired) electrons. The first-order valence-corrected chi connectivity index (χ1v) is 5.21. The van der Waals surface area contributed by atoms with Crippen LogP contribution in [0, 0.1) is 12.7 Å². The van der Waals surface area contributed by atoms with Gasteiger partial charge in [0.15, 0.2) is 0 Å². The number of halogens is 2. The molecule has 0 bridgehead atoms. The monoisotopic (exact) mass is 261 g/mol. The summed E-state index contributed by atoms with van der Waals surface area (Å²) in [4.78, 5) is 11.2. The molecule has 3 nitrogen and oxygen atoms in total. The van der Waals surface area contributed by atoms with E-state index in [4.69, 9.17) is 10.5 Å². The normalized spacial score (nSPS) is 11.5. The van der Waals surface area contributed by atoms with Gasteiger partial charge in [-0.1, -0.05) is 12.1 Å². The average Bonchev–Trinajstić information content (AvgIpc) is 2.22. The Bertz CT molecular complexity index is 385. The number of esters is 1. The van der Waals surface area contributed by atoms with Crippen molar-refractivity contribution in [3.63, 3.8) is 0 Å². The molecular weight excluding hydrogens is 245 g/mol. The molecule has 96 valence electrons. The van der Waals surface area contributed by atoms with Gasteiger partial charge in [0.1, 0.15) is 5.82 Å². The molecule has 1 rings (SSSR count). The van der Waals surface area contributed by atoms with E-state index in [-0.39, 0.29) is 30.6 Å². The van der Waals surface area contributed by atoms with Crippen molar-refractivity contribution in [1.82, 2.24) is 0 Å². The molecule has 0 aliphatic carbocycles. The number of rotatable bonds is 4. The molecule has 2 N–H and O–H groups in total. The van der Waals surface area contributed by atoms with Crippen LogP contribution in [0.1, 0.15) is 30.5 Å². The second-order valence-electron chi connectivity index (χ2n) is 3.62. The minimum atomic E-state index is -0.519. The van der Waals surface area contributed by atoms with Gasteiger partial charge in [0, 0.05) is 6.04 Å². The van der Waals surface area contributed by atoms with Crippen molar-refractivity contribution in [2.24, 2.45) is 5.73 Å². The lowest BCUT2D eigenvalue weighted by Crippen LogP contribution is -2.17. The van der Waals surface area contributed by atoms with Crippen molar-refractivity contribution in [1.29, 1.82) is 0 Å². The summed E-state index contributed by atoms with van der Waals surface area (Å²) in [6, 6.07) is 4.21. The Morgan fingerprint density at radius 1 is 1.53 bits per heavy atom. The summed E-state index contributed by atoms with van der Waals surface area (Å²) < 4.78 is 18.0. The first-order valence-electron chi connectivity index (χ1n) is 5.21. The maximum atomic E-state index is 13.3. The zero-order chi connectivity index (χ0) is 12.1. The highest BCUT2D eigenvalue weighted by Crippen LogP contribution is 2.17. The average molecular weight is 262 g/mol. The molecule has 0 heterocycles. The lowest BCUT2D eigenvalue weighted by molar-refractivity contribution is -0.143. The van der Waals surface area contributed by atoms with Crippen LogP contribution in [-0.2, 0) is 9.53 Å². The molecular formula is C12H17ClFNO2. The third kappa shape index (κ3) is 4.71. The van der Waals surface area contributed by atoms with Crippen molar-refractivity contribution >= 4 is 18.4 Å². The van der Waals surface area contributed by atoms with E-state index in [9.17, 15) is 9.18 Å². The number of aryl methyl sites for hydroxylation is 1. The molecule has 0 unspecified atom stereocenters. The summed E-state index contributed by atoms with van der Waals surface area (Å²) in [5.41, 5.74) is 6.95. The molecule has 0 aliphatic rings. The van der Waals surface area contributed by atoms with Gasteiger partial charge < -0.3 is 10.5 Å². The molecule has 1 atom stereocenters. The predicted octanol–water partition coefficient (Wildman–Crippen LogP) is 2.51. The van der Waals surface area contributed by atoms with Crippen molar-refractivity contribution in [2.45, 2.75) is 26.3 Å². The summed E-state index contributed by atoms with van der Waals surface area (Å²) in [5, 5.41) is 0. The molecule has 0 fully saturated rings. The fourth-order valence-corrected chi connectivity index (χ4v) is 1.36. The second-order valence-corrected chi connectivity index (χ2v) is 3.62. The summed E-state index contributed by atoms with van der Waals surface area (Å²) in [6.07, 6.45) is 0.0658. The largest absolute Gasteiger partial charge is 0.466 e. The Labute approximate surface area is 107 Å². The number of nitrogens with two attached hydrogens (primary N) is 1. The fraction of sp³-hybridized carbons (Fsp3) is 0.417. The summed E-state index contributed by atoms with van der Waals surface area (Å²) >= 11 is 0. The van der Waals surface area contributed by atoms with Crippen LogP contribution in [0.3, 0.4) is 0 Å². The van der Waals surface area contributed by atoms with E-state index >= 15 is 0 Å². The second kappa shape index (κ2) is 7.25. The van der Waals surface area contributed by atoms with Crippen LogP contribution in [0.5, 0.6) is 0 Å². The van der Waals surface area contributed by atoms with Crippen LogP contribution in [-0.4, -0.2) is 12.6 Å². The van der Waals surface area contributed by atoms with Gasteiger partial charge in [-0.05, 0) is 31.0 Å². The van der Waals surface area contributed by atoms with Crippen LogP contribution in [0.4, 0.5) is 4.39 Å². The minimum Gasteiger partial charge on any atom is -0.466 e. The Hall–Kier alpha value is -1.13. The van der Waals surface area contributed by atoms with Crippen LogP contribution < -0.4 is 5.73 Å². The van der Waals surface area contributed by atoms with E-state index in [1.54, 1.807) is 26.0 Å². The van der Waals surface area contributed by atoms with Gasteiger partial charge in [-0.2, -0.15) is 0 Å². The van der Waals surface area contributed by atoms with Gasteiger partial charge in [0.25, 0.3) is 0 Å². The first-order chi connectivity index (χ1) is 7.54. The van der Waals surface area contributed by atoms with Gasteiger partial charge >= 0.3 is 5.97 Å². The van der Waals surface area contributed by atoms with Gasteiger partial charge in [-0.3, -0.25) is 4.79 Å². The van der Waals surface area contributed by atoms with Crippen molar-refractivity contribution in [3.8, 4) is 0 Å². The molecule has 1 aromatic carbocycles. The third-order valence-electron chi connectivity index (χ3n) is 2.32. The molecule has 0 saturated heterocycles. The third-order valence-corrected chi connectivity index (χ3v) is 2.32. The lowest BCUT2D eigenvalue weighted by atomic mass is 10.0. The highest BCUT2D eigenvalue weighted by Gasteiger charge is 2.13. The fourth-order valence-electron chi connectivity index (χ4n) is 1.36. The Morgan fingerprint density at radius 2 is 2.18 bits per heavy atom. The molecule has 17 heavy (non-hydrogen) atoms. The molecule has 0 saturated carbocycles. The molecule has 1 aromatic rings. The SMILES string of the molecule is CCOC(=O)C[C@H](N)c1ccc(C)c(F)c1.Cl. The minimum absolute atomic E-state index is 0. The maximum absolute atomic E-state index is 13.3. The number of hydrogen-bond acceptors (Lipinski definition) is 3. The number of hydrogen-bond donors (Lipinski definition) is 1. The Morgan fingerprint density at radius 3 is 2.71 bits per heavy atom. The number of benzene rings is 1. The summed E-state index contributed by atoms with van der Waals surface area (Å²) in [7, 11) is 0. The van der Waals surface area contributed by atoms with E-state index in [1.807, 2.05) is 0 Å². The first kappa shape index (κ1) is 15.9. The highest BCUT2D eigenvalue weighted by atomic mass is 35.5. The van der Waals surface area contributed by atoms with Crippen molar-refractivity contribution in [3.05, 3.63) is 35.1 Å². The maximum Gasteiger partial charge on any atom is 0.307 e. The topological polar surface area (TPSA) is 52.3 Å². The molecule has 0 aromatic heterocycles.